The van der Waals surface area contributed by atoms with Gasteiger partial charge in [-0.05, 0) is 94.1 Å². The molecule has 3 aromatic rings. The topological polar surface area (TPSA) is 61.6 Å². The molecule has 0 heterocycles. The van der Waals surface area contributed by atoms with Gasteiger partial charge in [0.25, 0.3) is 0 Å². The van der Waals surface area contributed by atoms with Crippen molar-refractivity contribution in [3.63, 3.8) is 0 Å². The van der Waals surface area contributed by atoms with Crippen molar-refractivity contribution >= 4 is 5.91 Å². The predicted molar refractivity (Wildman–Crippen MR) is 182 cm³/mol. The van der Waals surface area contributed by atoms with Gasteiger partial charge >= 0.3 is 18.7 Å². The molecule has 0 fully saturated rings. The average molecular weight is 744 g/mol. The molecule has 0 saturated heterocycles. The average Bonchev–Trinajstić information content (AvgIpc) is 3.07. The summed E-state index contributed by atoms with van der Waals surface area (Å²) in [5.41, 5.74) is 4.50. The van der Waals surface area contributed by atoms with Crippen molar-refractivity contribution in [2.75, 3.05) is 7.18 Å². The van der Waals surface area contributed by atoms with E-state index in [1.165, 1.54) is 18.2 Å². The second-order valence-electron chi connectivity index (χ2n) is 9.67. The zero-order chi connectivity index (χ0) is 40.4. The second kappa shape index (κ2) is 27.3. The molecule has 0 radical (unpaired) electrons. The molecule has 14 heteroatoms. The number of carbonyl (C=O) groups excluding carboxylic acids is 1. The lowest BCUT2D eigenvalue weighted by atomic mass is 10.0. The Morgan fingerprint density at radius 2 is 1.43 bits per heavy atom. The van der Waals surface area contributed by atoms with E-state index >= 15 is 0 Å². The van der Waals surface area contributed by atoms with Crippen LogP contribution in [0.5, 0.6) is 11.5 Å². The fourth-order valence-corrected chi connectivity index (χ4v) is 3.07. The summed E-state index contributed by atoms with van der Waals surface area (Å²) in [6.07, 6.45) is -6.51. The molecule has 3 rings (SSSR count). The van der Waals surface area contributed by atoms with E-state index in [2.05, 4.69) is 18.2 Å². The highest BCUT2D eigenvalue weighted by molar-refractivity contribution is 5.92. The Bertz CT molecular complexity index is 1420. The third-order valence-corrected chi connectivity index (χ3v) is 5.30. The summed E-state index contributed by atoms with van der Waals surface area (Å²) in [4.78, 5) is 10.5. The fraction of sp³-hybridized carbons (Fsp3) is 0.378. The van der Waals surface area contributed by atoms with Crippen molar-refractivity contribution in [1.82, 2.24) is 0 Å². The van der Waals surface area contributed by atoms with Crippen molar-refractivity contribution in [3.05, 3.63) is 119 Å². The van der Waals surface area contributed by atoms with E-state index in [0.29, 0.717) is 18.8 Å². The normalized spacial score (nSPS) is 10.4. The highest BCUT2D eigenvalue weighted by Gasteiger charge is 2.44. The van der Waals surface area contributed by atoms with Crippen LogP contribution in [0.1, 0.15) is 81.9 Å². The van der Waals surface area contributed by atoms with Crippen molar-refractivity contribution < 1.29 is 58.2 Å². The number of nitrogens with two attached hydrogens (primary N) is 1. The second-order valence-corrected chi connectivity index (χ2v) is 9.67. The fourth-order valence-electron chi connectivity index (χ4n) is 3.07. The number of allylic oxidation sites excluding steroid dienone is 3. The maximum atomic E-state index is 13.7. The standard InChI is InChI=1S/C18H16F6O2.C8H6F3NO.2C4H8.C2H6.CH3F/c1-10(2)25-16-8-11(3-4-15(16)20)5-12-6-13(19)9-14(7-12)26-18(23,24)17(21)22;9-8(10,11)6-3-1-2-5(4-6)7(12)13;2*1-3-4-2;2*1-2/h3-4,6-10,17H,5H2,1-2H3;1-4H,(H2,12,13);3-4H,1-2H3;3H,1,4H2,2H3;1-2H3;1H3/b;;4-3-;;;. The summed E-state index contributed by atoms with van der Waals surface area (Å²) < 4.78 is 133. The smallest absolute Gasteiger partial charge is 0.461 e. The summed E-state index contributed by atoms with van der Waals surface area (Å²) >= 11 is 0. The molecule has 0 aromatic heterocycles. The minimum atomic E-state index is -4.74. The zero-order valence-corrected chi connectivity index (χ0v) is 29.9. The molecule has 0 spiro atoms. The van der Waals surface area contributed by atoms with Crippen LogP contribution in [-0.2, 0) is 12.6 Å². The Morgan fingerprint density at radius 1 is 0.882 bits per heavy atom. The van der Waals surface area contributed by atoms with E-state index in [1.807, 2.05) is 45.9 Å². The number of hydrogen-bond acceptors (Lipinski definition) is 3. The van der Waals surface area contributed by atoms with Gasteiger partial charge in [0.2, 0.25) is 5.91 Å². The van der Waals surface area contributed by atoms with Gasteiger partial charge < -0.3 is 15.2 Å². The molecule has 0 aliphatic heterocycles. The Balaban J connectivity index is -0.000000763. The van der Waals surface area contributed by atoms with E-state index in [9.17, 15) is 48.7 Å². The van der Waals surface area contributed by atoms with Gasteiger partial charge in [-0.1, -0.05) is 51.1 Å². The minimum absolute atomic E-state index is 0.00499. The summed E-state index contributed by atoms with van der Waals surface area (Å²) in [7, 11) is 0.500. The summed E-state index contributed by atoms with van der Waals surface area (Å²) in [6.45, 7) is 17.0. The van der Waals surface area contributed by atoms with E-state index in [0.717, 1.165) is 42.8 Å². The monoisotopic (exact) mass is 743 g/mol. The number of primary amides is 1. The van der Waals surface area contributed by atoms with Gasteiger partial charge in [0.15, 0.2) is 11.6 Å². The van der Waals surface area contributed by atoms with Gasteiger partial charge in [-0.15, -0.1) is 6.58 Å². The van der Waals surface area contributed by atoms with E-state index in [4.69, 9.17) is 10.5 Å². The quantitative estimate of drug-likeness (QED) is 0.175. The molecule has 0 saturated carbocycles. The van der Waals surface area contributed by atoms with Crippen LogP contribution in [0.25, 0.3) is 0 Å². The molecule has 0 atom stereocenters. The SMILES string of the molecule is C/C=C\C.C=CCC.CC.CC(C)Oc1cc(Cc2cc(F)cc(OC(F)(F)C(F)F)c2)ccc1F.CF.NC(=O)c1cccc(C(F)(F)F)c1. The molecule has 0 bridgehead atoms. The lowest BCUT2D eigenvalue weighted by Gasteiger charge is -2.17. The molecular weight excluding hydrogens is 696 g/mol. The van der Waals surface area contributed by atoms with Gasteiger partial charge in [-0.3, -0.25) is 9.18 Å². The highest BCUT2D eigenvalue weighted by atomic mass is 19.4. The maximum Gasteiger partial charge on any atom is 0.461 e. The lowest BCUT2D eigenvalue weighted by molar-refractivity contribution is -0.253. The minimum Gasteiger partial charge on any atom is -0.488 e. The van der Waals surface area contributed by atoms with Crippen molar-refractivity contribution in [2.24, 2.45) is 5.73 Å². The molecule has 2 N–H and O–H groups in total. The van der Waals surface area contributed by atoms with Crippen LogP contribution in [0.15, 0.2) is 85.5 Å². The van der Waals surface area contributed by atoms with E-state index in [1.54, 1.807) is 13.8 Å². The molecule has 1 amide bonds. The Labute approximate surface area is 294 Å². The van der Waals surface area contributed by atoms with Gasteiger partial charge in [0.05, 0.1) is 18.8 Å². The summed E-state index contributed by atoms with van der Waals surface area (Å²) in [5, 5.41) is 0. The number of benzene rings is 3. The van der Waals surface area contributed by atoms with Crippen molar-refractivity contribution in [3.8, 4) is 11.5 Å². The zero-order valence-electron chi connectivity index (χ0n) is 29.9. The van der Waals surface area contributed by atoms with Gasteiger partial charge in [-0.2, -0.15) is 30.7 Å². The van der Waals surface area contributed by atoms with E-state index in [-0.39, 0.29) is 29.4 Å². The van der Waals surface area contributed by atoms with Gasteiger partial charge in [-0.25, -0.2) is 8.78 Å². The lowest BCUT2D eigenvalue weighted by Crippen LogP contribution is -2.33. The molecular formula is C37H47F10NO3. The Morgan fingerprint density at radius 3 is 1.86 bits per heavy atom. The summed E-state index contributed by atoms with van der Waals surface area (Å²) in [5.74, 6) is -3.11. The maximum absolute atomic E-state index is 13.7. The first kappa shape index (κ1) is 50.9. The predicted octanol–water partition coefficient (Wildman–Crippen LogP) is 12.2. The van der Waals surface area contributed by atoms with Crippen LogP contribution in [0.3, 0.4) is 0 Å². The number of carbonyl (C=O) groups is 1. The number of alkyl halides is 8. The third-order valence-electron chi connectivity index (χ3n) is 5.30. The molecule has 4 nitrogen and oxygen atoms in total. The van der Waals surface area contributed by atoms with Gasteiger partial charge in [0.1, 0.15) is 11.6 Å². The number of halogens is 10. The van der Waals surface area contributed by atoms with Gasteiger partial charge in [0, 0.05) is 11.6 Å². The molecule has 0 aliphatic carbocycles. The first-order chi connectivity index (χ1) is 23.8. The van der Waals surface area contributed by atoms with E-state index < -0.39 is 47.6 Å². The number of hydrogen-bond donors (Lipinski definition) is 1. The van der Waals surface area contributed by atoms with Crippen LogP contribution < -0.4 is 15.2 Å². The molecule has 51 heavy (non-hydrogen) atoms. The first-order valence-electron chi connectivity index (χ1n) is 15.4. The molecule has 0 aliphatic rings. The largest absolute Gasteiger partial charge is 0.488 e. The number of ether oxygens (including phenoxy) is 2. The van der Waals surface area contributed by atoms with Crippen LogP contribution in [0.4, 0.5) is 43.9 Å². The Kier molecular flexibility index (Phi) is 27.2. The van der Waals surface area contributed by atoms with Crippen molar-refractivity contribution in [1.29, 1.82) is 0 Å². The molecule has 0 unspecified atom stereocenters. The third kappa shape index (κ3) is 22.8. The molecule has 288 valence electrons. The summed E-state index contributed by atoms with van der Waals surface area (Å²) in [6, 6.07) is 10.6. The van der Waals surface area contributed by atoms with Crippen molar-refractivity contribution in [2.45, 2.75) is 86.1 Å². The van der Waals surface area contributed by atoms with Crippen LogP contribution >= 0.6 is 0 Å². The number of rotatable bonds is 9. The number of amides is 1. The van der Waals surface area contributed by atoms with Crippen LogP contribution in [-0.4, -0.2) is 31.7 Å². The van der Waals surface area contributed by atoms with Crippen LogP contribution in [0, 0.1) is 11.6 Å². The van der Waals surface area contributed by atoms with Crippen LogP contribution in [0.2, 0.25) is 0 Å². The highest BCUT2D eigenvalue weighted by Crippen LogP contribution is 2.31. The Hall–Kier alpha value is -4.49. The molecule has 3 aromatic carbocycles. The first-order valence-corrected chi connectivity index (χ1v) is 15.4.